The van der Waals surface area contributed by atoms with Gasteiger partial charge >= 0.3 is 0 Å². The highest BCUT2D eigenvalue weighted by Gasteiger charge is 2.30. The lowest BCUT2D eigenvalue weighted by atomic mass is 10.4. The van der Waals surface area contributed by atoms with E-state index < -0.39 is 5.91 Å². The molecule has 21 heavy (non-hydrogen) atoms. The maximum absolute atomic E-state index is 11.7. The molecule has 0 aromatic carbocycles. The van der Waals surface area contributed by atoms with E-state index in [1.54, 1.807) is 6.92 Å². The van der Waals surface area contributed by atoms with Gasteiger partial charge in [0.1, 0.15) is 6.54 Å². The van der Waals surface area contributed by atoms with Crippen LogP contribution in [0.4, 0.5) is 0 Å². The molecule has 8 nitrogen and oxygen atoms in total. The van der Waals surface area contributed by atoms with Crippen LogP contribution in [-0.4, -0.2) is 45.3 Å². The number of aryl methyl sites for hydroxylation is 1. The Labute approximate surface area is 120 Å². The second kappa shape index (κ2) is 6.29. The minimum atomic E-state index is -0.424. The van der Waals surface area contributed by atoms with Crippen LogP contribution in [0.2, 0.25) is 0 Å². The standard InChI is InChI=1S/C13H16N4O4/c1-9-6-13(21)16(8-15-9)5-4-14-10(18)7-17-11(19)2-3-12(17)20/h6,8H,2-5,7H2,1H3,(H,14,18). The van der Waals surface area contributed by atoms with Gasteiger partial charge in [0.15, 0.2) is 0 Å². The Morgan fingerprint density at radius 2 is 1.95 bits per heavy atom. The highest BCUT2D eigenvalue weighted by atomic mass is 16.2. The maximum atomic E-state index is 11.7. The zero-order chi connectivity index (χ0) is 15.4. The Morgan fingerprint density at radius 1 is 1.29 bits per heavy atom. The number of likely N-dealkylation sites (tertiary alicyclic amines) is 1. The minimum Gasteiger partial charge on any atom is -0.353 e. The third kappa shape index (κ3) is 3.74. The van der Waals surface area contributed by atoms with E-state index in [2.05, 4.69) is 10.3 Å². The second-order valence-electron chi connectivity index (χ2n) is 4.79. The Kier molecular flexibility index (Phi) is 4.46. The molecule has 2 rings (SSSR count). The van der Waals surface area contributed by atoms with Gasteiger partial charge in [-0.15, -0.1) is 0 Å². The normalized spacial score (nSPS) is 14.6. The maximum Gasteiger partial charge on any atom is 0.253 e. The van der Waals surface area contributed by atoms with Crippen molar-refractivity contribution in [3.05, 3.63) is 28.4 Å². The Balaban J connectivity index is 1.80. The molecular weight excluding hydrogens is 276 g/mol. The van der Waals surface area contributed by atoms with Gasteiger partial charge in [-0.3, -0.25) is 28.6 Å². The van der Waals surface area contributed by atoms with E-state index in [4.69, 9.17) is 0 Å². The highest BCUT2D eigenvalue weighted by molar-refractivity contribution is 6.04. The molecule has 1 N–H and O–H groups in total. The molecule has 3 amide bonds. The van der Waals surface area contributed by atoms with Crippen molar-refractivity contribution in [3.8, 4) is 0 Å². The van der Waals surface area contributed by atoms with E-state index >= 15 is 0 Å². The Hall–Kier alpha value is -2.51. The van der Waals surface area contributed by atoms with Crippen molar-refractivity contribution in [2.75, 3.05) is 13.1 Å². The highest BCUT2D eigenvalue weighted by Crippen LogP contribution is 2.10. The van der Waals surface area contributed by atoms with Gasteiger partial charge in [0, 0.05) is 37.7 Å². The van der Waals surface area contributed by atoms with E-state index in [1.807, 2.05) is 0 Å². The van der Waals surface area contributed by atoms with Gasteiger partial charge in [-0.2, -0.15) is 0 Å². The van der Waals surface area contributed by atoms with Crippen LogP contribution < -0.4 is 10.9 Å². The SMILES string of the molecule is Cc1cc(=O)n(CCNC(=O)CN2C(=O)CCC2=O)cn1. The molecule has 0 saturated carbocycles. The molecule has 0 bridgehead atoms. The molecule has 8 heteroatoms. The first-order valence-electron chi connectivity index (χ1n) is 6.60. The van der Waals surface area contributed by atoms with Gasteiger partial charge in [0.25, 0.3) is 5.56 Å². The second-order valence-corrected chi connectivity index (χ2v) is 4.79. The summed E-state index contributed by atoms with van der Waals surface area (Å²) in [4.78, 5) is 50.9. The molecule has 1 aromatic heterocycles. The first-order valence-corrected chi connectivity index (χ1v) is 6.60. The number of hydrogen-bond acceptors (Lipinski definition) is 5. The number of nitrogens with one attached hydrogen (secondary N) is 1. The molecule has 1 fully saturated rings. The van der Waals surface area contributed by atoms with Crippen molar-refractivity contribution in [2.45, 2.75) is 26.3 Å². The van der Waals surface area contributed by atoms with E-state index in [9.17, 15) is 19.2 Å². The molecule has 1 aromatic rings. The average molecular weight is 292 g/mol. The number of hydrogen-bond donors (Lipinski definition) is 1. The fourth-order valence-corrected chi connectivity index (χ4v) is 2.00. The molecule has 0 atom stereocenters. The van der Waals surface area contributed by atoms with Crippen molar-refractivity contribution >= 4 is 17.7 Å². The van der Waals surface area contributed by atoms with E-state index in [0.717, 1.165) is 4.90 Å². The zero-order valence-corrected chi connectivity index (χ0v) is 11.7. The van der Waals surface area contributed by atoms with Crippen molar-refractivity contribution in [1.82, 2.24) is 19.8 Å². The van der Waals surface area contributed by atoms with Crippen molar-refractivity contribution < 1.29 is 14.4 Å². The quantitative estimate of drug-likeness (QED) is 0.688. The van der Waals surface area contributed by atoms with Crippen molar-refractivity contribution in [1.29, 1.82) is 0 Å². The lowest BCUT2D eigenvalue weighted by Gasteiger charge is -2.13. The molecule has 2 heterocycles. The number of rotatable bonds is 5. The summed E-state index contributed by atoms with van der Waals surface area (Å²) in [7, 11) is 0. The summed E-state index contributed by atoms with van der Waals surface area (Å²) < 4.78 is 1.37. The first kappa shape index (κ1) is 14.9. The average Bonchev–Trinajstić information content (AvgIpc) is 2.73. The lowest BCUT2D eigenvalue weighted by Crippen LogP contribution is -2.41. The van der Waals surface area contributed by atoms with Crippen LogP contribution in [0.15, 0.2) is 17.2 Å². The summed E-state index contributed by atoms with van der Waals surface area (Å²) in [6, 6.07) is 1.41. The molecule has 0 aliphatic carbocycles. The van der Waals surface area contributed by atoms with Gasteiger partial charge < -0.3 is 5.32 Å². The summed E-state index contributed by atoms with van der Waals surface area (Å²) in [6.07, 6.45) is 1.74. The molecule has 112 valence electrons. The number of nitrogens with zero attached hydrogens (tertiary/aromatic N) is 3. The smallest absolute Gasteiger partial charge is 0.253 e. The van der Waals surface area contributed by atoms with Gasteiger partial charge in [-0.1, -0.05) is 0 Å². The minimum absolute atomic E-state index is 0.163. The fourth-order valence-electron chi connectivity index (χ4n) is 2.00. The molecule has 0 spiro atoms. The molecule has 1 saturated heterocycles. The predicted octanol–water partition coefficient (Wildman–Crippen LogP) is -1.18. The van der Waals surface area contributed by atoms with Crippen LogP contribution in [0, 0.1) is 6.92 Å². The summed E-state index contributed by atoms with van der Waals surface area (Å²) in [5, 5.41) is 2.57. The third-order valence-corrected chi connectivity index (χ3v) is 3.15. The van der Waals surface area contributed by atoms with Crippen LogP contribution in [0.1, 0.15) is 18.5 Å². The van der Waals surface area contributed by atoms with E-state index in [-0.39, 0.29) is 49.8 Å². The van der Waals surface area contributed by atoms with Gasteiger partial charge in [0.2, 0.25) is 17.7 Å². The number of amides is 3. The summed E-state index contributed by atoms with van der Waals surface area (Å²) in [5.41, 5.74) is 0.438. The van der Waals surface area contributed by atoms with Crippen LogP contribution in [0.25, 0.3) is 0 Å². The first-order chi connectivity index (χ1) is 9.97. The predicted molar refractivity (Wildman–Crippen MR) is 72.2 cm³/mol. The zero-order valence-electron chi connectivity index (χ0n) is 11.7. The largest absolute Gasteiger partial charge is 0.353 e. The van der Waals surface area contributed by atoms with Crippen LogP contribution in [0.5, 0.6) is 0 Å². The van der Waals surface area contributed by atoms with E-state index in [0.29, 0.717) is 5.69 Å². The number of imide groups is 1. The molecule has 1 aliphatic heterocycles. The van der Waals surface area contributed by atoms with Crippen LogP contribution >= 0.6 is 0 Å². The Bertz CT molecular complexity index is 621. The summed E-state index contributed by atoms with van der Waals surface area (Å²) in [6.45, 7) is 1.95. The monoisotopic (exact) mass is 292 g/mol. The molecular formula is C13H16N4O4. The fraction of sp³-hybridized carbons (Fsp3) is 0.462. The van der Waals surface area contributed by atoms with Crippen LogP contribution in [0.3, 0.4) is 0 Å². The number of aromatic nitrogens is 2. The summed E-state index contributed by atoms with van der Waals surface area (Å²) >= 11 is 0. The lowest BCUT2D eigenvalue weighted by molar-refractivity contribution is -0.142. The van der Waals surface area contributed by atoms with Crippen LogP contribution in [-0.2, 0) is 20.9 Å². The van der Waals surface area contributed by atoms with E-state index in [1.165, 1.54) is 17.0 Å². The molecule has 0 radical (unpaired) electrons. The summed E-state index contributed by atoms with van der Waals surface area (Å²) in [5.74, 6) is -1.07. The number of carbonyl (C=O) groups is 3. The van der Waals surface area contributed by atoms with Gasteiger partial charge in [-0.25, -0.2) is 4.98 Å². The van der Waals surface area contributed by atoms with Crippen molar-refractivity contribution in [3.63, 3.8) is 0 Å². The number of carbonyl (C=O) groups excluding carboxylic acids is 3. The third-order valence-electron chi connectivity index (χ3n) is 3.15. The Morgan fingerprint density at radius 3 is 2.57 bits per heavy atom. The van der Waals surface area contributed by atoms with Gasteiger partial charge in [-0.05, 0) is 6.92 Å². The molecule has 1 aliphatic rings. The molecule has 0 unspecified atom stereocenters. The van der Waals surface area contributed by atoms with Gasteiger partial charge in [0.05, 0.1) is 6.33 Å². The topological polar surface area (TPSA) is 101 Å². The van der Waals surface area contributed by atoms with Crippen molar-refractivity contribution in [2.24, 2.45) is 0 Å².